The van der Waals surface area contributed by atoms with Crippen molar-refractivity contribution in [3.05, 3.63) is 40.3 Å². The summed E-state index contributed by atoms with van der Waals surface area (Å²) < 4.78 is 11.0. The number of hydrogen-bond donors (Lipinski definition) is 1. The van der Waals surface area contributed by atoms with Gasteiger partial charge in [-0.1, -0.05) is 30.8 Å². The Kier molecular flexibility index (Phi) is 6.06. The fraction of sp³-hybridized carbons (Fsp3) is 0.333. The molecule has 3 aromatic rings. The Morgan fingerprint density at radius 1 is 1.43 bits per heavy atom. The van der Waals surface area contributed by atoms with E-state index in [2.05, 4.69) is 28.5 Å². The minimum atomic E-state index is -0.208. The van der Waals surface area contributed by atoms with Crippen LogP contribution in [0, 0.1) is 17.2 Å². The van der Waals surface area contributed by atoms with Gasteiger partial charge in [-0.2, -0.15) is 5.26 Å². The molecule has 1 aromatic carbocycles. The van der Waals surface area contributed by atoms with Gasteiger partial charge in [0, 0.05) is 4.88 Å². The summed E-state index contributed by atoms with van der Waals surface area (Å²) in [7, 11) is 1.58. The number of aromatic nitrogens is 2. The number of methoxy groups -OCH3 is 1. The molecule has 1 unspecified atom stereocenters. The highest BCUT2D eigenvalue weighted by molar-refractivity contribution is 7.99. The molecule has 0 saturated carbocycles. The largest absolute Gasteiger partial charge is 0.496 e. The first-order valence-corrected chi connectivity index (χ1v) is 11.3. The Hall–Kier alpha value is -2.83. The van der Waals surface area contributed by atoms with Gasteiger partial charge in [0.1, 0.15) is 16.8 Å². The molecule has 1 aliphatic carbocycles. The van der Waals surface area contributed by atoms with Crippen LogP contribution in [0.25, 0.3) is 11.5 Å². The lowest BCUT2D eigenvalue weighted by Gasteiger charge is -2.17. The van der Waals surface area contributed by atoms with Gasteiger partial charge in [-0.3, -0.25) is 4.79 Å². The number of rotatable bonds is 6. The van der Waals surface area contributed by atoms with Crippen LogP contribution in [0.3, 0.4) is 0 Å². The molecule has 0 fully saturated rings. The molecule has 1 N–H and O–H groups in total. The van der Waals surface area contributed by atoms with E-state index in [0.717, 1.165) is 36.6 Å². The molecule has 1 atom stereocenters. The van der Waals surface area contributed by atoms with Crippen molar-refractivity contribution in [1.82, 2.24) is 10.2 Å². The smallest absolute Gasteiger partial charge is 0.277 e. The highest BCUT2D eigenvalue weighted by atomic mass is 32.2. The zero-order valence-electron chi connectivity index (χ0n) is 16.6. The summed E-state index contributed by atoms with van der Waals surface area (Å²) in [4.78, 5) is 13.7. The molecule has 9 heteroatoms. The van der Waals surface area contributed by atoms with E-state index in [1.54, 1.807) is 7.11 Å². The Bertz CT molecular complexity index is 1120. The second-order valence-corrected chi connectivity index (χ2v) is 9.11. The number of nitriles is 1. The molecule has 0 saturated heterocycles. The fourth-order valence-corrected chi connectivity index (χ4v) is 5.39. The lowest BCUT2D eigenvalue weighted by atomic mass is 9.89. The maximum Gasteiger partial charge on any atom is 0.277 e. The van der Waals surface area contributed by atoms with Gasteiger partial charge in [0.05, 0.1) is 24.0 Å². The average molecular weight is 441 g/mol. The number of benzene rings is 1. The SMILES string of the molecule is COc1ccccc1-c1nnc(SCC(=O)Nc2sc3c(c2C#N)CCC(C)C3)o1. The average Bonchev–Trinajstić information content (AvgIpc) is 3.35. The van der Waals surface area contributed by atoms with Gasteiger partial charge in [-0.25, -0.2) is 0 Å². The van der Waals surface area contributed by atoms with Crippen LogP contribution in [-0.4, -0.2) is 29.0 Å². The number of nitrogens with one attached hydrogen (secondary N) is 1. The van der Waals surface area contributed by atoms with E-state index < -0.39 is 0 Å². The molecule has 30 heavy (non-hydrogen) atoms. The van der Waals surface area contributed by atoms with Crippen molar-refractivity contribution < 1.29 is 13.9 Å². The Balaban J connectivity index is 1.41. The van der Waals surface area contributed by atoms with Crippen molar-refractivity contribution in [2.45, 2.75) is 31.4 Å². The van der Waals surface area contributed by atoms with E-state index in [1.807, 2.05) is 24.3 Å². The normalized spacial score (nSPS) is 15.3. The molecular weight excluding hydrogens is 420 g/mol. The molecule has 4 rings (SSSR count). The van der Waals surface area contributed by atoms with Gasteiger partial charge in [-0.05, 0) is 42.9 Å². The molecule has 0 radical (unpaired) electrons. The summed E-state index contributed by atoms with van der Waals surface area (Å²) in [6.45, 7) is 2.22. The first-order chi connectivity index (χ1) is 14.6. The number of ether oxygens (including phenoxy) is 1. The van der Waals surface area contributed by atoms with Crippen molar-refractivity contribution in [2.24, 2.45) is 5.92 Å². The number of hydrogen-bond acceptors (Lipinski definition) is 8. The predicted octanol–water partition coefficient (Wildman–Crippen LogP) is 4.53. The van der Waals surface area contributed by atoms with Gasteiger partial charge in [0.15, 0.2) is 0 Å². The van der Waals surface area contributed by atoms with Gasteiger partial charge >= 0.3 is 0 Å². The molecule has 0 bridgehead atoms. The lowest BCUT2D eigenvalue weighted by molar-refractivity contribution is -0.113. The van der Waals surface area contributed by atoms with Crippen LogP contribution < -0.4 is 10.1 Å². The number of carbonyl (C=O) groups is 1. The van der Waals surface area contributed by atoms with Crippen LogP contribution in [0.2, 0.25) is 0 Å². The third kappa shape index (κ3) is 4.20. The van der Waals surface area contributed by atoms with Gasteiger partial charge in [0.2, 0.25) is 5.91 Å². The number of amides is 1. The molecule has 1 amide bonds. The first kappa shape index (κ1) is 20.4. The van der Waals surface area contributed by atoms with Gasteiger partial charge in [0.25, 0.3) is 11.1 Å². The molecular formula is C21H20N4O3S2. The summed E-state index contributed by atoms with van der Waals surface area (Å²) in [5, 5.41) is 21.4. The zero-order valence-corrected chi connectivity index (χ0v) is 18.2. The summed E-state index contributed by atoms with van der Waals surface area (Å²) in [5.41, 5.74) is 2.40. The Morgan fingerprint density at radius 3 is 3.07 bits per heavy atom. The van der Waals surface area contributed by atoms with Gasteiger partial charge < -0.3 is 14.5 Å². The maximum absolute atomic E-state index is 12.5. The van der Waals surface area contributed by atoms with Crippen molar-refractivity contribution in [2.75, 3.05) is 18.2 Å². The third-order valence-corrected chi connectivity index (χ3v) is 6.94. The molecule has 0 spiro atoms. The van der Waals surface area contributed by atoms with E-state index in [-0.39, 0.29) is 11.7 Å². The van der Waals surface area contributed by atoms with Crippen molar-refractivity contribution in [3.8, 4) is 23.3 Å². The quantitative estimate of drug-likeness (QED) is 0.562. The number of anilines is 1. The van der Waals surface area contributed by atoms with E-state index in [4.69, 9.17) is 9.15 Å². The van der Waals surface area contributed by atoms with E-state index in [9.17, 15) is 10.1 Å². The van der Waals surface area contributed by atoms with Crippen LogP contribution in [0.15, 0.2) is 33.9 Å². The van der Waals surface area contributed by atoms with Crippen LogP contribution in [0.4, 0.5) is 5.00 Å². The lowest BCUT2D eigenvalue weighted by Crippen LogP contribution is -2.14. The summed E-state index contributed by atoms with van der Waals surface area (Å²) >= 11 is 2.67. The fourth-order valence-electron chi connectivity index (χ4n) is 3.45. The van der Waals surface area contributed by atoms with Crippen molar-refractivity contribution in [3.63, 3.8) is 0 Å². The van der Waals surface area contributed by atoms with Crippen molar-refractivity contribution in [1.29, 1.82) is 5.26 Å². The molecule has 1 aliphatic rings. The minimum absolute atomic E-state index is 0.109. The highest BCUT2D eigenvalue weighted by Gasteiger charge is 2.25. The molecule has 0 aliphatic heterocycles. The predicted molar refractivity (Wildman–Crippen MR) is 116 cm³/mol. The summed E-state index contributed by atoms with van der Waals surface area (Å²) in [5.74, 6) is 1.48. The highest BCUT2D eigenvalue weighted by Crippen LogP contribution is 2.39. The maximum atomic E-state index is 12.5. The topological polar surface area (TPSA) is 101 Å². The number of fused-ring (bicyclic) bond motifs is 1. The number of carbonyl (C=O) groups excluding carboxylic acids is 1. The summed E-state index contributed by atoms with van der Waals surface area (Å²) in [6.07, 6.45) is 2.94. The van der Waals surface area contributed by atoms with E-state index in [1.165, 1.54) is 16.2 Å². The molecule has 154 valence electrons. The standard InChI is InChI=1S/C21H20N4O3S2/c1-12-7-8-13-15(10-22)20(30-17(13)9-12)23-18(26)11-29-21-25-24-19(28-21)14-5-3-4-6-16(14)27-2/h3-6,12H,7-9,11H2,1-2H3,(H,23,26). The molecule has 7 nitrogen and oxygen atoms in total. The van der Waals surface area contributed by atoms with E-state index >= 15 is 0 Å². The number of para-hydroxylation sites is 1. The van der Waals surface area contributed by atoms with Crippen LogP contribution in [-0.2, 0) is 17.6 Å². The third-order valence-electron chi connectivity index (χ3n) is 4.95. The second kappa shape index (κ2) is 8.90. The van der Waals surface area contributed by atoms with Crippen LogP contribution in [0.5, 0.6) is 5.75 Å². The monoisotopic (exact) mass is 440 g/mol. The molecule has 2 aromatic heterocycles. The first-order valence-electron chi connectivity index (χ1n) is 9.53. The van der Waals surface area contributed by atoms with Crippen LogP contribution in [0.1, 0.15) is 29.3 Å². The van der Waals surface area contributed by atoms with Crippen molar-refractivity contribution >= 4 is 34.0 Å². The Labute approximate surface area is 182 Å². The van der Waals surface area contributed by atoms with E-state index in [0.29, 0.717) is 38.9 Å². The van der Waals surface area contributed by atoms with Crippen LogP contribution >= 0.6 is 23.1 Å². The second-order valence-electron chi connectivity index (χ2n) is 7.08. The Morgan fingerprint density at radius 2 is 2.27 bits per heavy atom. The number of thiophene rings is 1. The molecule has 2 heterocycles. The summed E-state index contributed by atoms with van der Waals surface area (Å²) in [6, 6.07) is 9.63. The number of nitrogens with zero attached hydrogens (tertiary/aromatic N) is 3. The van der Waals surface area contributed by atoms with Gasteiger partial charge in [-0.15, -0.1) is 21.5 Å². The number of thioether (sulfide) groups is 1. The minimum Gasteiger partial charge on any atom is -0.496 e. The zero-order chi connectivity index (χ0) is 21.1.